The lowest BCUT2D eigenvalue weighted by molar-refractivity contribution is 1.12. The Bertz CT molecular complexity index is 628. The summed E-state index contributed by atoms with van der Waals surface area (Å²) >= 11 is 0. The molecule has 0 fully saturated rings. The fourth-order valence-electron chi connectivity index (χ4n) is 1.76. The lowest BCUT2D eigenvalue weighted by atomic mass is 10.1. The number of H-pyrrole nitrogens is 1. The lowest BCUT2D eigenvalue weighted by Gasteiger charge is -1.97. The van der Waals surface area contributed by atoms with Gasteiger partial charge in [0.25, 0.3) is 0 Å². The zero-order valence-corrected chi connectivity index (χ0v) is 8.51. The van der Waals surface area contributed by atoms with Crippen molar-refractivity contribution in [1.82, 2.24) is 15.2 Å². The van der Waals surface area contributed by atoms with E-state index in [0.29, 0.717) is 0 Å². The number of rotatable bonds is 1. The molecule has 0 spiro atoms. The van der Waals surface area contributed by atoms with E-state index in [1.54, 1.807) is 12.4 Å². The van der Waals surface area contributed by atoms with Gasteiger partial charge in [0, 0.05) is 29.0 Å². The van der Waals surface area contributed by atoms with Gasteiger partial charge in [-0.1, -0.05) is 0 Å². The van der Waals surface area contributed by atoms with Crippen LogP contribution in [0, 0.1) is 0 Å². The van der Waals surface area contributed by atoms with Crippen LogP contribution in [-0.2, 0) is 0 Å². The molecule has 2 heterocycles. The van der Waals surface area contributed by atoms with Gasteiger partial charge in [-0.3, -0.25) is 10.1 Å². The summed E-state index contributed by atoms with van der Waals surface area (Å²) in [6.07, 6.45) is 3.50. The van der Waals surface area contributed by atoms with E-state index in [9.17, 15) is 0 Å². The Morgan fingerprint density at radius 1 is 1.06 bits per heavy atom. The number of nitrogens with one attached hydrogen (secondary N) is 1. The van der Waals surface area contributed by atoms with E-state index in [-0.39, 0.29) is 0 Å². The molecular weight excluding hydrogens is 200 g/mol. The highest BCUT2D eigenvalue weighted by molar-refractivity contribution is 5.94. The van der Waals surface area contributed by atoms with Crippen LogP contribution in [-0.4, -0.2) is 15.2 Å². The molecule has 1 aromatic carbocycles. The molecule has 0 saturated heterocycles. The Morgan fingerprint density at radius 2 is 1.88 bits per heavy atom. The zero-order valence-electron chi connectivity index (χ0n) is 8.51. The second-order valence-corrected chi connectivity index (χ2v) is 3.61. The van der Waals surface area contributed by atoms with Gasteiger partial charge < -0.3 is 5.73 Å². The monoisotopic (exact) mass is 210 g/mol. The Hall–Kier alpha value is -2.36. The lowest BCUT2D eigenvalue weighted by Crippen LogP contribution is -1.83. The quantitative estimate of drug-likeness (QED) is 0.605. The number of anilines is 1. The first kappa shape index (κ1) is 8.91. The SMILES string of the molecule is Nc1ccc2[nH]nc(-c3ccncc3)c2c1. The van der Waals surface area contributed by atoms with Gasteiger partial charge in [-0.15, -0.1) is 0 Å². The van der Waals surface area contributed by atoms with Crippen LogP contribution in [0.4, 0.5) is 5.69 Å². The van der Waals surface area contributed by atoms with Crippen molar-refractivity contribution in [2.75, 3.05) is 5.73 Å². The molecule has 0 radical (unpaired) electrons. The first-order valence-electron chi connectivity index (χ1n) is 4.98. The summed E-state index contributed by atoms with van der Waals surface area (Å²) in [6.45, 7) is 0. The molecule has 0 saturated carbocycles. The third-order valence-electron chi connectivity index (χ3n) is 2.54. The molecule has 4 nitrogen and oxygen atoms in total. The molecule has 0 atom stereocenters. The van der Waals surface area contributed by atoms with Gasteiger partial charge in [0.2, 0.25) is 0 Å². The third-order valence-corrected chi connectivity index (χ3v) is 2.54. The molecule has 0 aliphatic carbocycles. The number of aromatic amines is 1. The number of pyridine rings is 1. The van der Waals surface area contributed by atoms with Crippen molar-refractivity contribution >= 4 is 16.6 Å². The number of aromatic nitrogens is 3. The number of fused-ring (bicyclic) bond motifs is 1. The zero-order chi connectivity index (χ0) is 11.0. The molecule has 78 valence electrons. The second-order valence-electron chi connectivity index (χ2n) is 3.61. The van der Waals surface area contributed by atoms with Crippen molar-refractivity contribution in [2.24, 2.45) is 0 Å². The largest absolute Gasteiger partial charge is 0.399 e. The predicted octanol–water partition coefficient (Wildman–Crippen LogP) is 2.21. The van der Waals surface area contributed by atoms with Gasteiger partial charge in [-0.05, 0) is 30.3 Å². The molecule has 0 amide bonds. The molecule has 0 bridgehead atoms. The predicted molar refractivity (Wildman–Crippen MR) is 63.7 cm³/mol. The minimum Gasteiger partial charge on any atom is -0.399 e. The molecule has 0 unspecified atom stereocenters. The van der Waals surface area contributed by atoms with Crippen molar-refractivity contribution < 1.29 is 0 Å². The minimum atomic E-state index is 0.740. The number of nitrogen functional groups attached to an aromatic ring is 1. The number of hydrogen-bond acceptors (Lipinski definition) is 3. The van der Waals surface area contributed by atoms with E-state index in [1.807, 2.05) is 30.3 Å². The smallest absolute Gasteiger partial charge is 0.100 e. The summed E-state index contributed by atoms with van der Waals surface area (Å²) < 4.78 is 0. The van der Waals surface area contributed by atoms with Gasteiger partial charge in [-0.2, -0.15) is 5.10 Å². The van der Waals surface area contributed by atoms with E-state index in [0.717, 1.165) is 27.8 Å². The molecule has 3 rings (SSSR count). The van der Waals surface area contributed by atoms with E-state index >= 15 is 0 Å². The van der Waals surface area contributed by atoms with Crippen LogP contribution >= 0.6 is 0 Å². The van der Waals surface area contributed by atoms with E-state index < -0.39 is 0 Å². The molecular formula is C12H10N4. The second kappa shape index (κ2) is 3.34. The topological polar surface area (TPSA) is 67.6 Å². The van der Waals surface area contributed by atoms with Crippen LogP contribution in [0.15, 0.2) is 42.7 Å². The number of nitrogens with two attached hydrogens (primary N) is 1. The average Bonchev–Trinajstić information content (AvgIpc) is 2.73. The van der Waals surface area contributed by atoms with Crippen LogP contribution in [0.2, 0.25) is 0 Å². The van der Waals surface area contributed by atoms with Gasteiger partial charge in [0.15, 0.2) is 0 Å². The summed E-state index contributed by atoms with van der Waals surface area (Å²) in [6, 6.07) is 9.57. The molecule has 0 aliphatic rings. The van der Waals surface area contributed by atoms with E-state index in [4.69, 9.17) is 5.73 Å². The van der Waals surface area contributed by atoms with Gasteiger partial charge >= 0.3 is 0 Å². The highest BCUT2D eigenvalue weighted by Crippen LogP contribution is 2.26. The van der Waals surface area contributed by atoms with Crippen LogP contribution in [0.1, 0.15) is 0 Å². The van der Waals surface area contributed by atoms with Crippen molar-refractivity contribution in [3.8, 4) is 11.3 Å². The summed E-state index contributed by atoms with van der Waals surface area (Å²) in [5.41, 5.74) is 9.44. The first-order valence-corrected chi connectivity index (χ1v) is 4.98. The third kappa shape index (κ3) is 1.32. The van der Waals surface area contributed by atoms with Crippen LogP contribution in [0.3, 0.4) is 0 Å². The Morgan fingerprint density at radius 3 is 2.69 bits per heavy atom. The summed E-state index contributed by atoms with van der Waals surface area (Å²) in [7, 11) is 0. The fraction of sp³-hybridized carbons (Fsp3) is 0. The first-order chi connectivity index (χ1) is 7.84. The normalized spacial score (nSPS) is 10.8. The van der Waals surface area contributed by atoms with E-state index in [1.165, 1.54) is 0 Å². The van der Waals surface area contributed by atoms with Crippen LogP contribution in [0.5, 0.6) is 0 Å². The highest BCUT2D eigenvalue weighted by atomic mass is 15.1. The fourth-order valence-corrected chi connectivity index (χ4v) is 1.76. The molecule has 3 aromatic rings. The van der Waals surface area contributed by atoms with E-state index in [2.05, 4.69) is 15.2 Å². The van der Waals surface area contributed by atoms with Crippen LogP contribution in [0.25, 0.3) is 22.2 Å². The van der Waals surface area contributed by atoms with Gasteiger partial charge in [-0.25, -0.2) is 0 Å². The van der Waals surface area contributed by atoms with Crippen molar-refractivity contribution in [1.29, 1.82) is 0 Å². The molecule has 0 aliphatic heterocycles. The van der Waals surface area contributed by atoms with Crippen LogP contribution < -0.4 is 5.73 Å². The summed E-state index contributed by atoms with van der Waals surface area (Å²) in [5.74, 6) is 0. The minimum absolute atomic E-state index is 0.740. The number of benzene rings is 1. The van der Waals surface area contributed by atoms with Crippen molar-refractivity contribution in [3.63, 3.8) is 0 Å². The number of hydrogen-bond donors (Lipinski definition) is 2. The summed E-state index contributed by atoms with van der Waals surface area (Å²) in [4.78, 5) is 3.99. The Balaban J connectivity index is 2.29. The Kier molecular flexibility index (Phi) is 1.86. The maximum Gasteiger partial charge on any atom is 0.100 e. The number of nitrogens with zero attached hydrogens (tertiary/aromatic N) is 2. The molecule has 16 heavy (non-hydrogen) atoms. The molecule has 3 N–H and O–H groups in total. The van der Waals surface area contributed by atoms with Gasteiger partial charge in [0.1, 0.15) is 5.69 Å². The maximum absolute atomic E-state index is 5.78. The van der Waals surface area contributed by atoms with Gasteiger partial charge in [0.05, 0.1) is 5.52 Å². The maximum atomic E-state index is 5.78. The standard InChI is InChI=1S/C12H10N4/c13-9-1-2-11-10(7-9)12(16-15-11)8-3-5-14-6-4-8/h1-7H,13H2,(H,15,16). The van der Waals surface area contributed by atoms with Crippen molar-refractivity contribution in [2.45, 2.75) is 0 Å². The average molecular weight is 210 g/mol. The summed E-state index contributed by atoms with van der Waals surface area (Å²) in [5, 5.41) is 8.32. The Labute approximate surface area is 92.1 Å². The molecule has 2 aromatic heterocycles. The molecule has 4 heteroatoms. The highest BCUT2D eigenvalue weighted by Gasteiger charge is 2.07. The van der Waals surface area contributed by atoms with Crippen molar-refractivity contribution in [3.05, 3.63) is 42.7 Å².